The van der Waals surface area contributed by atoms with Gasteiger partial charge >= 0.3 is 0 Å². The molecular formula is C10H21N. The van der Waals surface area contributed by atoms with Crippen molar-refractivity contribution in [1.82, 2.24) is 0 Å². The molecule has 1 saturated carbocycles. The third-order valence-electron chi connectivity index (χ3n) is 2.47. The topological polar surface area (TPSA) is 26.0 Å². The molecular weight excluding hydrogens is 134 g/mol. The van der Waals surface area contributed by atoms with Crippen LogP contribution in [0.4, 0.5) is 0 Å². The molecule has 0 saturated heterocycles. The zero-order valence-corrected chi connectivity index (χ0v) is 7.68. The van der Waals surface area contributed by atoms with E-state index in [1.165, 1.54) is 44.9 Å². The Morgan fingerprint density at radius 3 is 2.55 bits per heavy atom. The van der Waals surface area contributed by atoms with Crippen LogP contribution in [-0.2, 0) is 0 Å². The lowest BCUT2D eigenvalue weighted by Gasteiger charge is -2.03. The van der Waals surface area contributed by atoms with Gasteiger partial charge in [-0.05, 0) is 19.3 Å². The summed E-state index contributed by atoms with van der Waals surface area (Å²) >= 11 is 0. The van der Waals surface area contributed by atoms with E-state index in [1.54, 1.807) is 0 Å². The average Bonchev–Trinajstić information content (AvgIpc) is 2.70. The van der Waals surface area contributed by atoms with Crippen LogP contribution in [0.15, 0.2) is 0 Å². The summed E-state index contributed by atoms with van der Waals surface area (Å²) < 4.78 is 0. The molecule has 2 N–H and O–H groups in total. The van der Waals surface area contributed by atoms with Gasteiger partial charge in [0.25, 0.3) is 0 Å². The maximum absolute atomic E-state index is 5.65. The van der Waals surface area contributed by atoms with Gasteiger partial charge in [-0.3, -0.25) is 0 Å². The second-order valence-corrected chi connectivity index (χ2v) is 4.06. The first-order chi connectivity index (χ1) is 5.29. The first-order valence-electron chi connectivity index (χ1n) is 5.04. The Balaban J connectivity index is 1.73. The number of unbranched alkanes of at least 4 members (excludes halogenated alkanes) is 2. The van der Waals surface area contributed by atoms with Gasteiger partial charge < -0.3 is 5.73 Å². The van der Waals surface area contributed by atoms with Crippen molar-refractivity contribution in [3.8, 4) is 0 Å². The van der Waals surface area contributed by atoms with E-state index in [0.29, 0.717) is 6.04 Å². The Morgan fingerprint density at radius 1 is 1.27 bits per heavy atom. The third kappa shape index (κ3) is 5.25. The van der Waals surface area contributed by atoms with Gasteiger partial charge in [-0.2, -0.15) is 0 Å². The van der Waals surface area contributed by atoms with Crippen molar-refractivity contribution < 1.29 is 0 Å². The molecule has 0 radical (unpaired) electrons. The van der Waals surface area contributed by atoms with E-state index in [4.69, 9.17) is 5.73 Å². The molecule has 11 heavy (non-hydrogen) atoms. The van der Waals surface area contributed by atoms with Crippen LogP contribution < -0.4 is 5.73 Å². The number of hydrogen-bond donors (Lipinski definition) is 1. The van der Waals surface area contributed by atoms with Gasteiger partial charge in [-0.25, -0.2) is 0 Å². The average molecular weight is 155 g/mol. The van der Waals surface area contributed by atoms with Gasteiger partial charge in [-0.1, -0.05) is 38.5 Å². The highest BCUT2D eigenvalue weighted by Gasteiger charge is 2.19. The van der Waals surface area contributed by atoms with Crippen molar-refractivity contribution in [3.63, 3.8) is 0 Å². The first-order valence-corrected chi connectivity index (χ1v) is 5.04. The molecule has 1 nitrogen and oxygen atoms in total. The molecule has 1 aliphatic carbocycles. The highest BCUT2D eigenvalue weighted by Crippen LogP contribution is 2.34. The van der Waals surface area contributed by atoms with Gasteiger partial charge in [0.2, 0.25) is 0 Å². The van der Waals surface area contributed by atoms with Crippen LogP contribution in [0.3, 0.4) is 0 Å². The van der Waals surface area contributed by atoms with E-state index in [2.05, 4.69) is 6.92 Å². The monoisotopic (exact) mass is 155 g/mol. The van der Waals surface area contributed by atoms with E-state index in [1.807, 2.05) is 0 Å². The van der Waals surface area contributed by atoms with Gasteiger partial charge in [0, 0.05) is 6.04 Å². The molecule has 1 heteroatoms. The molecule has 66 valence electrons. The highest BCUT2D eigenvalue weighted by atomic mass is 14.6. The Hall–Kier alpha value is -0.0400. The molecule has 1 atom stereocenters. The summed E-state index contributed by atoms with van der Waals surface area (Å²) in [4.78, 5) is 0. The first kappa shape index (κ1) is 9.05. The van der Waals surface area contributed by atoms with E-state index in [0.717, 1.165) is 5.92 Å². The zero-order valence-electron chi connectivity index (χ0n) is 7.68. The molecule has 0 bridgehead atoms. The lowest BCUT2D eigenvalue weighted by molar-refractivity contribution is 0.550. The van der Waals surface area contributed by atoms with E-state index in [-0.39, 0.29) is 0 Å². The molecule has 1 aliphatic rings. The highest BCUT2D eigenvalue weighted by molar-refractivity contribution is 4.72. The molecule has 0 amide bonds. The Morgan fingerprint density at radius 2 is 2.00 bits per heavy atom. The van der Waals surface area contributed by atoms with Crippen LogP contribution in [-0.4, -0.2) is 6.04 Å². The van der Waals surface area contributed by atoms with Crippen LogP contribution >= 0.6 is 0 Å². The van der Waals surface area contributed by atoms with Crippen LogP contribution in [0.2, 0.25) is 0 Å². The van der Waals surface area contributed by atoms with Crippen LogP contribution in [0.25, 0.3) is 0 Å². The van der Waals surface area contributed by atoms with Crippen molar-refractivity contribution >= 4 is 0 Å². The van der Waals surface area contributed by atoms with E-state index in [9.17, 15) is 0 Å². The fourth-order valence-electron chi connectivity index (χ4n) is 1.48. The second kappa shape index (κ2) is 4.76. The molecule has 0 aliphatic heterocycles. The van der Waals surface area contributed by atoms with Crippen molar-refractivity contribution in [3.05, 3.63) is 0 Å². The minimum absolute atomic E-state index is 0.413. The predicted molar refractivity (Wildman–Crippen MR) is 49.5 cm³/mol. The standard InChI is InChI=1S/C10H21N/c1-9(11)5-3-2-4-6-10-7-8-10/h9-10H,2-8,11H2,1H3. The van der Waals surface area contributed by atoms with Gasteiger partial charge in [0.15, 0.2) is 0 Å². The second-order valence-electron chi connectivity index (χ2n) is 4.06. The Kier molecular flexibility index (Phi) is 3.92. The quantitative estimate of drug-likeness (QED) is 0.586. The van der Waals surface area contributed by atoms with Crippen LogP contribution in [0.5, 0.6) is 0 Å². The molecule has 0 aromatic carbocycles. The minimum Gasteiger partial charge on any atom is -0.328 e. The smallest absolute Gasteiger partial charge is 0.00104 e. The third-order valence-corrected chi connectivity index (χ3v) is 2.47. The molecule has 0 heterocycles. The summed E-state index contributed by atoms with van der Waals surface area (Å²) in [6.07, 6.45) is 9.89. The maximum Gasteiger partial charge on any atom is 0.00104 e. The predicted octanol–water partition coefficient (Wildman–Crippen LogP) is 2.69. The SMILES string of the molecule is CC(N)CCCCCC1CC1. The molecule has 1 unspecified atom stereocenters. The number of hydrogen-bond acceptors (Lipinski definition) is 1. The molecule has 0 spiro atoms. The zero-order chi connectivity index (χ0) is 8.10. The number of nitrogens with two attached hydrogens (primary N) is 1. The Labute approximate surface area is 70.4 Å². The van der Waals surface area contributed by atoms with Crippen molar-refractivity contribution in [1.29, 1.82) is 0 Å². The summed E-state index contributed by atoms with van der Waals surface area (Å²) in [5.41, 5.74) is 5.65. The van der Waals surface area contributed by atoms with Crippen molar-refractivity contribution in [2.75, 3.05) is 0 Å². The van der Waals surface area contributed by atoms with Gasteiger partial charge in [0.1, 0.15) is 0 Å². The lowest BCUT2D eigenvalue weighted by Crippen LogP contribution is -2.13. The van der Waals surface area contributed by atoms with Gasteiger partial charge in [-0.15, -0.1) is 0 Å². The summed E-state index contributed by atoms with van der Waals surface area (Å²) in [5, 5.41) is 0. The normalized spacial score (nSPS) is 20.2. The van der Waals surface area contributed by atoms with Crippen LogP contribution in [0, 0.1) is 5.92 Å². The summed E-state index contributed by atoms with van der Waals surface area (Å²) in [5.74, 6) is 1.12. The van der Waals surface area contributed by atoms with Crippen molar-refractivity contribution in [2.24, 2.45) is 11.7 Å². The number of rotatable bonds is 6. The fraction of sp³-hybridized carbons (Fsp3) is 1.00. The largest absolute Gasteiger partial charge is 0.328 e. The molecule has 0 aromatic rings. The summed E-state index contributed by atoms with van der Waals surface area (Å²) in [6, 6.07) is 0.413. The van der Waals surface area contributed by atoms with E-state index >= 15 is 0 Å². The van der Waals surface area contributed by atoms with E-state index < -0.39 is 0 Å². The molecule has 0 aromatic heterocycles. The maximum atomic E-state index is 5.65. The van der Waals surface area contributed by atoms with Crippen molar-refractivity contribution in [2.45, 2.75) is 57.9 Å². The molecule has 1 fully saturated rings. The minimum atomic E-state index is 0.413. The Bertz CT molecular complexity index is 91.0. The molecule has 1 rings (SSSR count). The summed E-state index contributed by atoms with van der Waals surface area (Å²) in [6.45, 7) is 2.10. The summed E-state index contributed by atoms with van der Waals surface area (Å²) in [7, 11) is 0. The van der Waals surface area contributed by atoms with Crippen LogP contribution in [0.1, 0.15) is 51.9 Å². The lowest BCUT2D eigenvalue weighted by atomic mass is 10.1. The van der Waals surface area contributed by atoms with Gasteiger partial charge in [0.05, 0.1) is 0 Å². The fourth-order valence-corrected chi connectivity index (χ4v) is 1.48.